The minimum Gasteiger partial charge on any atom is -0.354 e. The third kappa shape index (κ3) is 3.58. The number of benzene rings is 1. The number of amides is 1. The molecule has 0 fully saturated rings. The van der Waals surface area contributed by atoms with Gasteiger partial charge in [0.25, 0.3) is 0 Å². The van der Waals surface area contributed by atoms with Crippen LogP contribution in [0.15, 0.2) is 33.9 Å². The fraction of sp³-hybridized carbons (Fsp3) is 0.333. The molecule has 0 saturated heterocycles. The lowest BCUT2D eigenvalue weighted by Gasteiger charge is -2.10. The van der Waals surface area contributed by atoms with Crippen molar-refractivity contribution in [2.45, 2.75) is 33.2 Å². The summed E-state index contributed by atoms with van der Waals surface area (Å²) in [4.78, 5) is 38.5. The number of H-pyrrole nitrogens is 2. The van der Waals surface area contributed by atoms with Crippen LogP contribution in [0.4, 0.5) is 0 Å². The number of rotatable bonds is 6. The molecule has 0 radical (unpaired) electrons. The van der Waals surface area contributed by atoms with Crippen LogP contribution < -0.4 is 16.4 Å². The lowest BCUT2D eigenvalue weighted by Crippen LogP contribution is -2.39. The molecule has 0 bridgehead atoms. The van der Waals surface area contributed by atoms with Gasteiger partial charge in [-0.05, 0) is 38.0 Å². The van der Waals surface area contributed by atoms with Gasteiger partial charge in [-0.2, -0.15) is 5.10 Å². The molecular formula is C18H21N5O3. The van der Waals surface area contributed by atoms with Crippen molar-refractivity contribution >= 4 is 16.9 Å². The molecule has 3 aromatic rings. The molecule has 1 amide bonds. The number of aromatic nitrogens is 4. The van der Waals surface area contributed by atoms with Gasteiger partial charge in [-0.15, -0.1) is 0 Å². The van der Waals surface area contributed by atoms with Gasteiger partial charge < -0.3 is 14.9 Å². The maximum absolute atomic E-state index is 12.1. The number of carbonyl (C=O) groups excluding carboxylic acids is 1. The molecule has 2 heterocycles. The summed E-state index contributed by atoms with van der Waals surface area (Å²) in [7, 11) is 0. The third-order valence-electron chi connectivity index (χ3n) is 4.42. The van der Waals surface area contributed by atoms with Crippen LogP contribution in [0.5, 0.6) is 0 Å². The van der Waals surface area contributed by atoms with E-state index in [2.05, 4.69) is 20.5 Å². The Morgan fingerprint density at radius 3 is 2.73 bits per heavy atom. The van der Waals surface area contributed by atoms with Gasteiger partial charge in [0, 0.05) is 25.2 Å². The molecule has 0 unspecified atom stereocenters. The predicted octanol–water partition coefficient (Wildman–Crippen LogP) is 0.779. The zero-order valence-electron chi connectivity index (χ0n) is 14.8. The second-order valence-corrected chi connectivity index (χ2v) is 6.19. The van der Waals surface area contributed by atoms with E-state index in [1.165, 1.54) is 4.57 Å². The number of hydrogen-bond acceptors (Lipinski definition) is 4. The highest BCUT2D eigenvalue weighted by Gasteiger charge is 2.10. The van der Waals surface area contributed by atoms with Crippen LogP contribution in [0.2, 0.25) is 0 Å². The van der Waals surface area contributed by atoms with Gasteiger partial charge in [0.1, 0.15) is 0 Å². The van der Waals surface area contributed by atoms with Gasteiger partial charge in [-0.1, -0.05) is 12.1 Å². The normalized spacial score (nSPS) is 11.0. The number of hydrogen-bond donors (Lipinski definition) is 3. The van der Waals surface area contributed by atoms with E-state index in [-0.39, 0.29) is 19.0 Å². The molecule has 1 aromatic carbocycles. The highest BCUT2D eigenvalue weighted by Crippen LogP contribution is 2.11. The Bertz CT molecular complexity index is 1040. The second kappa shape index (κ2) is 7.38. The highest BCUT2D eigenvalue weighted by molar-refractivity contribution is 5.76. The molecule has 26 heavy (non-hydrogen) atoms. The first-order valence-electron chi connectivity index (χ1n) is 8.46. The molecule has 8 nitrogen and oxygen atoms in total. The lowest BCUT2D eigenvalue weighted by atomic mass is 10.1. The average Bonchev–Trinajstić information content (AvgIpc) is 2.94. The van der Waals surface area contributed by atoms with Gasteiger partial charge >= 0.3 is 11.1 Å². The van der Waals surface area contributed by atoms with Crippen molar-refractivity contribution in [3.63, 3.8) is 0 Å². The van der Waals surface area contributed by atoms with Crippen molar-refractivity contribution in [3.05, 3.63) is 61.9 Å². The summed E-state index contributed by atoms with van der Waals surface area (Å²) < 4.78 is 1.39. The SMILES string of the molecule is Cc1n[nH]c(C)c1CCC(=O)NCCn1c(=O)c(=O)[nH]c2ccccc21. The summed E-state index contributed by atoms with van der Waals surface area (Å²) >= 11 is 0. The minimum absolute atomic E-state index is 0.104. The third-order valence-corrected chi connectivity index (χ3v) is 4.42. The van der Waals surface area contributed by atoms with Crippen molar-refractivity contribution in [2.24, 2.45) is 0 Å². The standard InChI is InChI=1S/C18H21N5O3/c1-11-13(12(2)22-21-11)7-8-16(24)19-9-10-23-15-6-4-3-5-14(15)20-17(25)18(23)26/h3-6H,7-10H2,1-2H3,(H,19,24)(H,20,25)(H,21,22). The fourth-order valence-electron chi connectivity index (χ4n) is 3.02. The van der Waals surface area contributed by atoms with Gasteiger partial charge in [0.2, 0.25) is 5.91 Å². The molecular weight excluding hydrogens is 334 g/mol. The summed E-state index contributed by atoms with van der Waals surface area (Å²) in [5.41, 5.74) is 2.86. The zero-order chi connectivity index (χ0) is 18.7. The smallest absolute Gasteiger partial charge is 0.316 e. The summed E-state index contributed by atoms with van der Waals surface area (Å²) in [6.45, 7) is 4.34. The van der Waals surface area contributed by atoms with Crippen molar-refractivity contribution in [3.8, 4) is 0 Å². The van der Waals surface area contributed by atoms with E-state index in [4.69, 9.17) is 0 Å². The van der Waals surface area contributed by atoms with Crippen LogP contribution in [0.3, 0.4) is 0 Å². The number of para-hydroxylation sites is 2. The second-order valence-electron chi connectivity index (χ2n) is 6.19. The van der Waals surface area contributed by atoms with E-state index in [1.54, 1.807) is 24.3 Å². The number of aromatic amines is 2. The summed E-state index contributed by atoms with van der Waals surface area (Å²) in [5, 5.41) is 9.82. The Hall–Kier alpha value is -3.16. The maximum Gasteiger partial charge on any atom is 0.316 e. The van der Waals surface area contributed by atoms with Crippen molar-refractivity contribution < 1.29 is 4.79 Å². The van der Waals surface area contributed by atoms with Crippen LogP contribution in [0.25, 0.3) is 11.0 Å². The van der Waals surface area contributed by atoms with Crippen LogP contribution in [-0.4, -0.2) is 32.2 Å². The van der Waals surface area contributed by atoms with Gasteiger partial charge in [0.05, 0.1) is 16.7 Å². The Kier molecular flexibility index (Phi) is 5.01. The van der Waals surface area contributed by atoms with Crippen molar-refractivity contribution in [1.82, 2.24) is 25.1 Å². The van der Waals surface area contributed by atoms with E-state index in [0.29, 0.717) is 23.9 Å². The Morgan fingerprint density at radius 1 is 1.23 bits per heavy atom. The molecule has 0 saturated carbocycles. The summed E-state index contributed by atoms with van der Waals surface area (Å²) in [6.07, 6.45) is 0.945. The first kappa shape index (κ1) is 17.7. The van der Waals surface area contributed by atoms with Crippen molar-refractivity contribution in [1.29, 1.82) is 0 Å². The molecule has 0 spiro atoms. The maximum atomic E-state index is 12.1. The summed E-state index contributed by atoms with van der Waals surface area (Å²) in [6, 6.07) is 7.08. The molecule has 3 rings (SSSR count). The van der Waals surface area contributed by atoms with Gasteiger partial charge in [0.15, 0.2) is 0 Å². The monoisotopic (exact) mass is 355 g/mol. The Morgan fingerprint density at radius 2 is 2.00 bits per heavy atom. The molecule has 0 atom stereocenters. The number of nitrogens with zero attached hydrogens (tertiary/aromatic N) is 2. The first-order chi connectivity index (χ1) is 12.5. The zero-order valence-corrected chi connectivity index (χ0v) is 14.8. The highest BCUT2D eigenvalue weighted by atomic mass is 16.2. The van der Waals surface area contributed by atoms with Crippen molar-refractivity contribution in [2.75, 3.05) is 6.54 Å². The molecule has 136 valence electrons. The van der Waals surface area contributed by atoms with E-state index in [9.17, 15) is 14.4 Å². The van der Waals surface area contributed by atoms with E-state index < -0.39 is 11.1 Å². The first-order valence-corrected chi connectivity index (χ1v) is 8.46. The topological polar surface area (TPSA) is 113 Å². The van der Waals surface area contributed by atoms with Crippen LogP contribution in [-0.2, 0) is 17.8 Å². The van der Waals surface area contributed by atoms with E-state index in [0.717, 1.165) is 17.0 Å². The Balaban J connectivity index is 1.62. The molecule has 0 aliphatic carbocycles. The quantitative estimate of drug-likeness (QED) is 0.567. The molecule has 0 aliphatic rings. The largest absolute Gasteiger partial charge is 0.354 e. The summed E-state index contributed by atoms with van der Waals surface area (Å²) in [5.74, 6) is -0.104. The van der Waals surface area contributed by atoms with Gasteiger partial charge in [-0.3, -0.25) is 19.5 Å². The number of fused-ring (bicyclic) bond motifs is 1. The Labute approximate surface area is 149 Å². The van der Waals surface area contributed by atoms with Crippen LogP contribution >= 0.6 is 0 Å². The molecule has 8 heteroatoms. The van der Waals surface area contributed by atoms with E-state index in [1.807, 2.05) is 13.8 Å². The van der Waals surface area contributed by atoms with Crippen LogP contribution in [0.1, 0.15) is 23.4 Å². The van der Waals surface area contributed by atoms with Crippen LogP contribution in [0, 0.1) is 13.8 Å². The number of nitrogens with one attached hydrogen (secondary N) is 3. The molecule has 3 N–H and O–H groups in total. The number of carbonyl (C=O) groups is 1. The molecule has 0 aliphatic heterocycles. The number of aryl methyl sites for hydroxylation is 2. The van der Waals surface area contributed by atoms with E-state index >= 15 is 0 Å². The molecule has 2 aromatic heterocycles. The average molecular weight is 355 g/mol. The lowest BCUT2D eigenvalue weighted by molar-refractivity contribution is -0.121. The van der Waals surface area contributed by atoms with Gasteiger partial charge in [-0.25, -0.2) is 0 Å². The fourth-order valence-corrected chi connectivity index (χ4v) is 3.02. The predicted molar refractivity (Wildman–Crippen MR) is 98.2 cm³/mol. The minimum atomic E-state index is -0.666.